The number of hydrogen-bond donors (Lipinski definition) is 0. The highest BCUT2D eigenvalue weighted by molar-refractivity contribution is 5.77. The summed E-state index contributed by atoms with van der Waals surface area (Å²) in [6.07, 6.45) is 0.351. The topological polar surface area (TPSA) is 20.3 Å². The predicted molar refractivity (Wildman–Crippen MR) is 56.3 cm³/mol. The van der Waals surface area contributed by atoms with E-state index in [0.717, 1.165) is 6.54 Å². The molecular weight excluding hydrogens is 162 g/mol. The summed E-state index contributed by atoms with van der Waals surface area (Å²) in [4.78, 5) is 13.5. The Labute approximate surface area is 82.3 Å². The van der Waals surface area contributed by atoms with Crippen molar-refractivity contribution in [1.29, 1.82) is 0 Å². The summed E-state index contributed by atoms with van der Waals surface area (Å²) in [5.74, 6) is 0.649. The third-order valence-corrected chi connectivity index (χ3v) is 1.87. The first-order valence-electron chi connectivity index (χ1n) is 4.88. The monoisotopic (exact) mass is 184 g/mol. The lowest BCUT2D eigenvalue weighted by Crippen LogP contribution is -2.47. The zero-order chi connectivity index (χ0) is 10.6. The Morgan fingerprint density at radius 3 is 2.08 bits per heavy atom. The summed E-state index contributed by atoms with van der Waals surface area (Å²) >= 11 is 0. The molecule has 0 saturated carbocycles. The Morgan fingerprint density at radius 2 is 1.85 bits per heavy atom. The molecule has 2 heteroatoms. The molecule has 0 aromatic rings. The molecule has 0 fully saturated rings. The van der Waals surface area contributed by atoms with Crippen molar-refractivity contribution in [2.24, 2.45) is 5.92 Å². The number of carbonyl (C=O) groups excluding carboxylic acids is 1. The summed E-state index contributed by atoms with van der Waals surface area (Å²) in [5.41, 5.74) is -0.0843. The molecule has 0 rings (SSSR count). The molecule has 0 aromatic carbocycles. The quantitative estimate of drug-likeness (QED) is 0.660. The largest absolute Gasteiger partial charge is 0.338 e. The molecule has 1 amide bonds. The van der Waals surface area contributed by atoms with Gasteiger partial charge in [-0.25, -0.2) is 0 Å². The van der Waals surface area contributed by atoms with Crippen molar-refractivity contribution in [2.75, 3.05) is 6.54 Å². The van der Waals surface area contributed by atoms with Crippen LogP contribution in [-0.2, 0) is 4.79 Å². The molecule has 13 heavy (non-hydrogen) atoms. The Kier molecular flexibility index (Phi) is 4.45. The van der Waals surface area contributed by atoms with Crippen molar-refractivity contribution in [3.05, 3.63) is 6.92 Å². The fraction of sp³-hybridized carbons (Fsp3) is 0.818. The van der Waals surface area contributed by atoms with Gasteiger partial charge in [0.1, 0.15) is 0 Å². The average Bonchev–Trinajstić information content (AvgIpc) is 1.96. The second-order valence-corrected chi connectivity index (χ2v) is 4.82. The smallest absolute Gasteiger partial charge is 0.223 e. The lowest BCUT2D eigenvalue weighted by atomic mass is 10.0. The van der Waals surface area contributed by atoms with Crippen LogP contribution >= 0.6 is 0 Å². The third-order valence-electron chi connectivity index (χ3n) is 1.87. The van der Waals surface area contributed by atoms with Crippen molar-refractivity contribution >= 4 is 5.91 Å². The maximum Gasteiger partial charge on any atom is 0.223 e. The van der Waals surface area contributed by atoms with E-state index < -0.39 is 0 Å². The molecule has 0 aliphatic rings. The highest BCUT2D eigenvalue weighted by Gasteiger charge is 2.25. The van der Waals surface area contributed by atoms with Gasteiger partial charge in [-0.1, -0.05) is 13.8 Å². The Bertz CT molecular complexity index is 167. The van der Waals surface area contributed by atoms with Crippen LogP contribution in [0, 0.1) is 12.8 Å². The zero-order valence-corrected chi connectivity index (χ0v) is 9.55. The van der Waals surface area contributed by atoms with Gasteiger partial charge in [0.25, 0.3) is 0 Å². The first kappa shape index (κ1) is 12.5. The van der Waals surface area contributed by atoms with E-state index in [-0.39, 0.29) is 11.4 Å². The fourth-order valence-corrected chi connectivity index (χ4v) is 1.25. The molecule has 2 nitrogen and oxygen atoms in total. The molecular formula is C11H22NO. The SMILES string of the molecule is [CH2]CC(=O)N(CC(C)C)C(C)(C)C. The Balaban J connectivity index is 4.47. The maximum atomic E-state index is 11.6. The first-order valence-corrected chi connectivity index (χ1v) is 4.88. The second kappa shape index (κ2) is 4.64. The number of hydrogen-bond acceptors (Lipinski definition) is 1. The van der Waals surface area contributed by atoms with Crippen molar-refractivity contribution < 1.29 is 4.79 Å². The van der Waals surface area contributed by atoms with Gasteiger partial charge >= 0.3 is 0 Å². The van der Waals surface area contributed by atoms with Crippen LogP contribution in [0.1, 0.15) is 41.0 Å². The van der Waals surface area contributed by atoms with Crippen LogP contribution in [0.2, 0.25) is 0 Å². The minimum absolute atomic E-state index is 0.0843. The molecule has 0 atom stereocenters. The van der Waals surface area contributed by atoms with Crippen molar-refractivity contribution in [3.63, 3.8) is 0 Å². The zero-order valence-electron chi connectivity index (χ0n) is 9.55. The summed E-state index contributed by atoms with van der Waals surface area (Å²) < 4.78 is 0. The van der Waals surface area contributed by atoms with Crippen LogP contribution in [0.4, 0.5) is 0 Å². The second-order valence-electron chi connectivity index (χ2n) is 4.82. The minimum Gasteiger partial charge on any atom is -0.338 e. The van der Waals surface area contributed by atoms with Crippen LogP contribution in [0.5, 0.6) is 0 Å². The van der Waals surface area contributed by atoms with Crippen molar-refractivity contribution in [3.8, 4) is 0 Å². The standard InChI is InChI=1S/C11H22NO/c1-7-10(13)12(8-9(2)3)11(4,5)6/h9H,1,7-8H2,2-6H3. The molecule has 77 valence electrons. The number of rotatable bonds is 3. The van der Waals surface area contributed by atoms with E-state index in [0.29, 0.717) is 12.3 Å². The molecule has 1 radical (unpaired) electrons. The first-order chi connectivity index (χ1) is 5.79. The van der Waals surface area contributed by atoms with Gasteiger partial charge in [0, 0.05) is 18.5 Å². The summed E-state index contributed by atoms with van der Waals surface area (Å²) in [7, 11) is 0. The van der Waals surface area contributed by atoms with Gasteiger partial charge < -0.3 is 4.90 Å². The van der Waals surface area contributed by atoms with E-state index in [1.165, 1.54) is 0 Å². The van der Waals surface area contributed by atoms with Crippen molar-refractivity contribution in [1.82, 2.24) is 4.90 Å². The van der Waals surface area contributed by atoms with Gasteiger partial charge in [0.2, 0.25) is 5.91 Å². The maximum absolute atomic E-state index is 11.6. The minimum atomic E-state index is -0.0843. The van der Waals surface area contributed by atoms with Gasteiger partial charge in [-0.05, 0) is 33.6 Å². The van der Waals surface area contributed by atoms with Crippen LogP contribution in [-0.4, -0.2) is 22.9 Å². The summed E-state index contributed by atoms with van der Waals surface area (Å²) in [5, 5.41) is 0. The number of carbonyl (C=O) groups is 1. The van der Waals surface area contributed by atoms with Gasteiger partial charge in [0.15, 0.2) is 0 Å². The molecule has 0 unspecified atom stereocenters. The molecule has 0 spiro atoms. The van der Waals surface area contributed by atoms with Crippen LogP contribution in [0.25, 0.3) is 0 Å². The molecule has 0 heterocycles. The number of amides is 1. The third kappa shape index (κ3) is 4.30. The van der Waals surface area contributed by atoms with E-state index >= 15 is 0 Å². The lowest BCUT2D eigenvalue weighted by molar-refractivity contribution is -0.135. The predicted octanol–water partition coefficient (Wildman–Crippen LogP) is 2.49. The van der Waals surface area contributed by atoms with Crippen LogP contribution in [0.15, 0.2) is 0 Å². The average molecular weight is 184 g/mol. The Hall–Kier alpha value is -0.530. The molecule has 0 saturated heterocycles. The van der Waals surface area contributed by atoms with Crippen LogP contribution < -0.4 is 0 Å². The highest BCUT2D eigenvalue weighted by Crippen LogP contribution is 2.16. The lowest BCUT2D eigenvalue weighted by Gasteiger charge is -2.37. The van der Waals surface area contributed by atoms with E-state index in [1.54, 1.807) is 0 Å². The van der Waals surface area contributed by atoms with Crippen LogP contribution in [0.3, 0.4) is 0 Å². The molecule has 0 N–H and O–H groups in total. The summed E-state index contributed by atoms with van der Waals surface area (Å²) in [6.45, 7) is 14.9. The molecule has 0 aliphatic carbocycles. The van der Waals surface area contributed by atoms with Gasteiger partial charge in [-0.2, -0.15) is 0 Å². The van der Waals surface area contributed by atoms with Gasteiger partial charge in [0.05, 0.1) is 0 Å². The van der Waals surface area contributed by atoms with E-state index in [1.807, 2.05) is 4.90 Å². The fourth-order valence-electron chi connectivity index (χ4n) is 1.25. The Morgan fingerprint density at radius 1 is 1.38 bits per heavy atom. The normalized spacial score (nSPS) is 11.9. The number of nitrogens with zero attached hydrogens (tertiary/aromatic N) is 1. The van der Waals surface area contributed by atoms with E-state index in [9.17, 15) is 4.79 Å². The van der Waals surface area contributed by atoms with E-state index in [2.05, 4.69) is 41.5 Å². The van der Waals surface area contributed by atoms with Gasteiger partial charge in [-0.15, -0.1) is 0 Å². The molecule has 0 aromatic heterocycles. The summed E-state index contributed by atoms with van der Waals surface area (Å²) in [6, 6.07) is 0. The van der Waals surface area contributed by atoms with Crippen molar-refractivity contribution in [2.45, 2.75) is 46.6 Å². The molecule has 0 bridgehead atoms. The highest BCUT2D eigenvalue weighted by atomic mass is 16.2. The van der Waals surface area contributed by atoms with Gasteiger partial charge in [-0.3, -0.25) is 4.79 Å². The molecule has 0 aliphatic heterocycles. The van der Waals surface area contributed by atoms with E-state index in [4.69, 9.17) is 0 Å².